The number of ether oxygens (including phenoxy) is 1. The Hall–Kier alpha value is -1.09. The van der Waals surface area contributed by atoms with Crippen molar-refractivity contribution in [1.29, 1.82) is 0 Å². The molecule has 106 valence electrons. The molecule has 0 spiro atoms. The molecule has 1 heterocycles. The molecule has 0 unspecified atom stereocenters. The predicted octanol–water partition coefficient (Wildman–Crippen LogP) is 3.29. The number of hydrogen-bond acceptors (Lipinski definition) is 3. The molecule has 0 radical (unpaired) electrons. The number of aromatic nitrogens is 1. The summed E-state index contributed by atoms with van der Waals surface area (Å²) in [7, 11) is 0. The summed E-state index contributed by atoms with van der Waals surface area (Å²) >= 11 is 0. The molecule has 1 aliphatic carbocycles. The van der Waals surface area contributed by atoms with Gasteiger partial charge in [-0.3, -0.25) is 4.98 Å². The summed E-state index contributed by atoms with van der Waals surface area (Å²) < 4.78 is 5.67. The fourth-order valence-corrected chi connectivity index (χ4v) is 2.11. The maximum absolute atomic E-state index is 5.67. The van der Waals surface area contributed by atoms with E-state index in [9.17, 15) is 0 Å². The lowest BCUT2D eigenvalue weighted by molar-refractivity contribution is 0.314. The van der Waals surface area contributed by atoms with E-state index in [1.165, 1.54) is 18.4 Å². The van der Waals surface area contributed by atoms with Crippen molar-refractivity contribution in [2.75, 3.05) is 13.2 Å². The lowest BCUT2D eigenvalue weighted by atomic mass is 9.82. The molecule has 2 rings (SSSR count). The third kappa shape index (κ3) is 4.50. The monoisotopic (exact) mass is 262 g/mol. The Morgan fingerprint density at radius 3 is 2.84 bits per heavy atom. The van der Waals surface area contributed by atoms with E-state index in [0.29, 0.717) is 0 Å². The average molecular weight is 262 g/mol. The van der Waals surface area contributed by atoms with Crippen LogP contribution in [0.4, 0.5) is 0 Å². The second-order valence-electron chi connectivity index (χ2n) is 6.12. The Labute approximate surface area is 116 Å². The average Bonchev–Trinajstić information content (AvgIpc) is 3.21. The minimum absolute atomic E-state index is 0.139. The maximum Gasteiger partial charge on any atom is 0.137 e. The van der Waals surface area contributed by atoms with Crippen molar-refractivity contribution in [2.45, 2.75) is 57.9 Å². The lowest BCUT2D eigenvalue weighted by Crippen LogP contribution is -2.26. The van der Waals surface area contributed by atoms with Gasteiger partial charge in [0.15, 0.2) is 0 Å². The van der Waals surface area contributed by atoms with Crippen LogP contribution in [0.5, 0.6) is 5.75 Å². The quantitative estimate of drug-likeness (QED) is 0.780. The molecular weight excluding hydrogens is 236 g/mol. The zero-order valence-corrected chi connectivity index (χ0v) is 12.4. The van der Waals surface area contributed by atoms with Crippen molar-refractivity contribution in [3.05, 3.63) is 24.0 Å². The van der Waals surface area contributed by atoms with Gasteiger partial charge in [0, 0.05) is 12.2 Å². The van der Waals surface area contributed by atoms with E-state index in [-0.39, 0.29) is 5.41 Å². The van der Waals surface area contributed by atoms with Crippen LogP contribution in [0.2, 0.25) is 0 Å². The van der Waals surface area contributed by atoms with Crippen molar-refractivity contribution < 1.29 is 4.74 Å². The normalized spacial score (nSPS) is 15.5. The summed E-state index contributed by atoms with van der Waals surface area (Å²) in [4.78, 5) is 4.31. The standard InChI is InChI=1S/C16H26N2O/c1-4-9-19-15-10-13(11-17-12-15)16(2,3)7-8-18-14-5-6-14/h10-12,14,18H,4-9H2,1-3H3. The molecule has 1 aliphatic rings. The molecule has 0 aromatic carbocycles. The molecule has 0 amide bonds. The van der Waals surface area contributed by atoms with Crippen molar-refractivity contribution in [2.24, 2.45) is 0 Å². The van der Waals surface area contributed by atoms with Crippen molar-refractivity contribution in [3.8, 4) is 5.75 Å². The van der Waals surface area contributed by atoms with Gasteiger partial charge in [-0.15, -0.1) is 0 Å². The molecule has 0 saturated heterocycles. The van der Waals surface area contributed by atoms with Gasteiger partial charge in [-0.05, 0) is 49.3 Å². The minimum atomic E-state index is 0.139. The van der Waals surface area contributed by atoms with Gasteiger partial charge < -0.3 is 10.1 Å². The minimum Gasteiger partial charge on any atom is -0.492 e. The molecule has 1 N–H and O–H groups in total. The van der Waals surface area contributed by atoms with Crippen LogP contribution in [-0.4, -0.2) is 24.2 Å². The summed E-state index contributed by atoms with van der Waals surface area (Å²) in [6.45, 7) is 8.52. The smallest absolute Gasteiger partial charge is 0.137 e. The molecule has 3 nitrogen and oxygen atoms in total. The van der Waals surface area contributed by atoms with E-state index in [4.69, 9.17) is 4.74 Å². The van der Waals surface area contributed by atoms with Crippen LogP contribution < -0.4 is 10.1 Å². The summed E-state index contributed by atoms with van der Waals surface area (Å²) in [5, 5.41) is 3.58. The first kappa shape index (κ1) is 14.3. The van der Waals surface area contributed by atoms with Crippen molar-refractivity contribution in [3.63, 3.8) is 0 Å². The zero-order chi connectivity index (χ0) is 13.7. The molecule has 0 aliphatic heterocycles. The Bertz CT molecular complexity index is 399. The summed E-state index contributed by atoms with van der Waals surface area (Å²) in [6.07, 6.45) is 8.62. The molecule has 0 atom stereocenters. The van der Waals surface area contributed by atoms with Crippen LogP contribution in [0.15, 0.2) is 18.5 Å². The van der Waals surface area contributed by atoms with Gasteiger partial charge in [0.1, 0.15) is 5.75 Å². The van der Waals surface area contributed by atoms with Gasteiger partial charge in [0.25, 0.3) is 0 Å². The van der Waals surface area contributed by atoms with Gasteiger partial charge in [-0.25, -0.2) is 0 Å². The van der Waals surface area contributed by atoms with Crippen LogP contribution in [0, 0.1) is 0 Å². The Morgan fingerprint density at radius 2 is 2.16 bits per heavy atom. The molecule has 1 fully saturated rings. The van der Waals surface area contributed by atoms with E-state index in [1.807, 2.05) is 6.20 Å². The van der Waals surface area contributed by atoms with E-state index in [0.717, 1.165) is 37.8 Å². The van der Waals surface area contributed by atoms with Crippen LogP contribution in [0.1, 0.15) is 52.0 Å². The van der Waals surface area contributed by atoms with Crippen LogP contribution >= 0.6 is 0 Å². The summed E-state index contributed by atoms with van der Waals surface area (Å²) in [5.74, 6) is 0.891. The molecule has 1 saturated carbocycles. The summed E-state index contributed by atoms with van der Waals surface area (Å²) in [5.41, 5.74) is 1.40. The highest BCUT2D eigenvalue weighted by atomic mass is 16.5. The molecular formula is C16H26N2O. The lowest BCUT2D eigenvalue weighted by Gasteiger charge is -2.25. The number of pyridine rings is 1. The third-order valence-corrected chi connectivity index (χ3v) is 3.73. The second kappa shape index (κ2) is 6.38. The van der Waals surface area contributed by atoms with Crippen LogP contribution in [0.3, 0.4) is 0 Å². The predicted molar refractivity (Wildman–Crippen MR) is 78.7 cm³/mol. The Kier molecular flexibility index (Phi) is 4.81. The van der Waals surface area contributed by atoms with Gasteiger partial charge in [-0.1, -0.05) is 20.8 Å². The molecule has 0 bridgehead atoms. The third-order valence-electron chi connectivity index (χ3n) is 3.73. The largest absolute Gasteiger partial charge is 0.492 e. The van der Waals surface area contributed by atoms with Gasteiger partial charge >= 0.3 is 0 Å². The number of nitrogens with one attached hydrogen (secondary N) is 1. The Morgan fingerprint density at radius 1 is 1.37 bits per heavy atom. The van der Waals surface area contributed by atoms with Crippen LogP contribution in [-0.2, 0) is 5.41 Å². The number of nitrogens with zero attached hydrogens (tertiary/aromatic N) is 1. The van der Waals surface area contributed by atoms with Gasteiger partial charge in [0.2, 0.25) is 0 Å². The maximum atomic E-state index is 5.67. The van der Waals surface area contributed by atoms with E-state index >= 15 is 0 Å². The Balaban J connectivity index is 1.92. The molecule has 1 aromatic heterocycles. The first-order valence-electron chi connectivity index (χ1n) is 7.43. The second-order valence-corrected chi connectivity index (χ2v) is 6.12. The highest BCUT2D eigenvalue weighted by Gasteiger charge is 2.24. The number of hydrogen-bond donors (Lipinski definition) is 1. The van der Waals surface area contributed by atoms with E-state index in [1.54, 1.807) is 6.20 Å². The highest BCUT2D eigenvalue weighted by molar-refractivity contribution is 5.29. The summed E-state index contributed by atoms with van der Waals surface area (Å²) in [6, 6.07) is 2.92. The van der Waals surface area contributed by atoms with Gasteiger partial charge in [-0.2, -0.15) is 0 Å². The van der Waals surface area contributed by atoms with Crippen LogP contribution in [0.25, 0.3) is 0 Å². The van der Waals surface area contributed by atoms with E-state index in [2.05, 4.69) is 37.1 Å². The highest BCUT2D eigenvalue weighted by Crippen LogP contribution is 2.29. The SMILES string of the molecule is CCCOc1cncc(C(C)(C)CCNC2CC2)c1. The molecule has 1 aromatic rings. The fraction of sp³-hybridized carbons (Fsp3) is 0.688. The fourth-order valence-electron chi connectivity index (χ4n) is 2.11. The zero-order valence-electron chi connectivity index (χ0n) is 12.4. The first-order valence-corrected chi connectivity index (χ1v) is 7.43. The van der Waals surface area contributed by atoms with Gasteiger partial charge in [0.05, 0.1) is 12.8 Å². The van der Waals surface area contributed by atoms with Crippen molar-refractivity contribution >= 4 is 0 Å². The van der Waals surface area contributed by atoms with Crippen molar-refractivity contribution in [1.82, 2.24) is 10.3 Å². The van der Waals surface area contributed by atoms with E-state index < -0.39 is 0 Å². The topological polar surface area (TPSA) is 34.1 Å². The molecule has 19 heavy (non-hydrogen) atoms. The number of rotatable bonds is 8. The molecule has 3 heteroatoms. The first-order chi connectivity index (χ1) is 9.12.